The minimum Gasteiger partial charge on any atom is -0.493 e. The second-order valence-corrected chi connectivity index (χ2v) is 8.92. The third kappa shape index (κ3) is 9.59. The number of nitrogens with one attached hydrogen (secondary N) is 2. The molecule has 0 saturated carbocycles. The van der Waals surface area contributed by atoms with Gasteiger partial charge in [-0.3, -0.25) is 9.59 Å². The molecule has 210 valence electrons. The highest BCUT2D eigenvalue weighted by molar-refractivity contribution is 5.90. The monoisotopic (exact) mass is 546 g/mol. The Morgan fingerprint density at radius 2 is 1.55 bits per heavy atom. The van der Waals surface area contributed by atoms with Crippen molar-refractivity contribution < 1.29 is 33.7 Å². The third-order valence-electron chi connectivity index (χ3n) is 6.00. The highest BCUT2D eigenvalue weighted by atomic mass is 16.5. The summed E-state index contributed by atoms with van der Waals surface area (Å²) in [5, 5.41) is 14.9. The summed E-state index contributed by atoms with van der Waals surface area (Å²) in [5.41, 5.74) is 2.68. The first-order chi connectivity index (χ1) is 19.4. The van der Waals surface area contributed by atoms with Gasteiger partial charge in [0.15, 0.2) is 11.5 Å². The summed E-state index contributed by atoms with van der Waals surface area (Å²) in [6.07, 6.45) is 3.35. The molecule has 0 spiro atoms. The Morgan fingerprint density at radius 3 is 2.17 bits per heavy atom. The Balaban J connectivity index is 1.62. The molecule has 0 heterocycles. The van der Waals surface area contributed by atoms with Gasteiger partial charge in [-0.25, -0.2) is 4.79 Å². The van der Waals surface area contributed by atoms with Gasteiger partial charge in [0.1, 0.15) is 12.6 Å². The Morgan fingerprint density at radius 1 is 0.875 bits per heavy atom. The third-order valence-corrected chi connectivity index (χ3v) is 6.00. The van der Waals surface area contributed by atoms with E-state index in [2.05, 4.69) is 10.6 Å². The Bertz CT molecular complexity index is 1280. The van der Waals surface area contributed by atoms with Crippen LogP contribution in [-0.4, -0.2) is 55.8 Å². The maximum absolute atomic E-state index is 13.0. The fourth-order valence-electron chi connectivity index (χ4n) is 3.94. The van der Waals surface area contributed by atoms with Crippen molar-refractivity contribution >= 4 is 23.9 Å². The SMILES string of the molecule is COC(=O)[C@@H](Cc1ccccc1)NC(=O)[C@@H](CC(=O)O)NC/C=C/c1ccc(OC)c(OCc2ccccc2)c1. The molecule has 0 saturated heterocycles. The lowest BCUT2D eigenvalue weighted by atomic mass is 10.0. The minimum absolute atomic E-state index is 0.208. The van der Waals surface area contributed by atoms with Crippen molar-refractivity contribution in [2.75, 3.05) is 20.8 Å². The molecular weight excluding hydrogens is 512 g/mol. The summed E-state index contributed by atoms with van der Waals surface area (Å²) in [4.78, 5) is 36.7. The number of benzene rings is 3. The maximum Gasteiger partial charge on any atom is 0.328 e. The Kier molecular flexibility index (Phi) is 11.7. The van der Waals surface area contributed by atoms with Gasteiger partial charge in [0, 0.05) is 13.0 Å². The van der Waals surface area contributed by atoms with Crippen molar-refractivity contribution in [1.82, 2.24) is 10.6 Å². The van der Waals surface area contributed by atoms with Gasteiger partial charge in [-0.1, -0.05) is 78.9 Å². The summed E-state index contributed by atoms with van der Waals surface area (Å²) in [5.74, 6) is -1.19. The Labute approximate surface area is 233 Å². The van der Waals surface area contributed by atoms with E-state index in [-0.39, 0.29) is 13.0 Å². The predicted octanol–water partition coefficient (Wildman–Crippen LogP) is 3.62. The molecule has 40 heavy (non-hydrogen) atoms. The van der Waals surface area contributed by atoms with Crippen molar-refractivity contribution in [3.05, 3.63) is 102 Å². The van der Waals surface area contributed by atoms with Gasteiger partial charge in [-0.15, -0.1) is 0 Å². The van der Waals surface area contributed by atoms with Crippen LogP contribution < -0.4 is 20.1 Å². The highest BCUT2D eigenvalue weighted by Gasteiger charge is 2.27. The van der Waals surface area contributed by atoms with Crippen molar-refractivity contribution in [3.63, 3.8) is 0 Å². The van der Waals surface area contributed by atoms with Crippen LogP contribution in [0, 0.1) is 0 Å². The van der Waals surface area contributed by atoms with E-state index in [1.54, 1.807) is 19.3 Å². The van der Waals surface area contributed by atoms with Crippen LogP contribution in [0.15, 0.2) is 84.9 Å². The maximum atomic E-state index is 13.0. The molecule has 0 aliphatic heterocycles. The standard InChI is InChI=1S/C31H34N2O7/c1-38-27-16-15-23(19-28(27)40-21-24-12-7-4-8-13-24)14-9-17-32-25(20-29(34)35)30(36)33-26(31(37)39-2)18-22-10-5-3-6-11-22/h3-16,19,25-26,32H,17-18,20-21H2,1-2H3,(H,33,36)(H,34,35)/b14-9+/t25-,26-/m1/s1. The lowest BCUT2D eigenvalue weighted by molar-refractivity contribution is -0.145. The van der Waals surface area contributed by atoms with Crippen LogP contribution in [0.25, 0.3) is 6.08 Å². The molecule has 0 aromatic heterocycles. The molecule has 0 radical (unpaired) electrons. The molecule has 3 N–H and O–H groups in total. The fraction of sp³-hybridized carbons (Fsp3) is 0.258. The van der Waals surface area contributed by atoms with Crippen LogP contribution in [0.3, 0.4) is 0 Å². The van der Waals surface area contributed by atoms with Gasteiger partial charge in [0.25, 0.3) is 0 Å². The lowest BCUT2D eigenvalue weighted by Gasteiger charge is -2.21. The average Bonchev–Trinajstić information content (AvgIpc) is 2.97. The van der Waals surface area contributed by atoms with E-state index in [0.29, 0.717) is 18.1 Å². The zero-order chi connectivity index (χ0) is 28.7. The molecule has 2 atom stereocenters. The molecular formula is C31H34N2O7. The summed E-state index contributed by atoms with van der Waals surface area (Å²) in [7, 11) is 2.81. The smallest absolute Gasteiger partial charge is 0.328 e. The number of carbonyl (C=O) groups is 3. The van der Waals surface area contributed by atoms with Gasteiger partial charge < -0.3 is 30.0 Å². The largest absolute Gasteiger partial charge is 0.493 e. The molecule has 0 aliphatic carbocycles. The number of ether oxygens (including phenoxy) is 3. The van der Waals surface area contributed by atoms with E-state index in [0.717, 1.165) is 16.7 Å². The first-order valence-electron chi connectivity index (χ1n) is 12.8. The number of carbonyl (C=O) groups excluding carboxylic acids is 2. The molecule has 0 fully saturated rings. The van der Waals surface area contributed by atoms with E-state index < -0.39 is 36.4 Å². The average molecular weight is 547 g/mol. The number of methoxy groups -OCH3 is 2. The van der Waals surface area contributed by atoms with Crippen LogP contribution in [0.2, 0.25) is 0 Å². The number of hydrogen-bond donors (Lipinski definition) is 3. The van der Waals surface area contributed by atoms with Gasteiger partial charge in [0.2, 0.25) is 5.91 Å². The topological polar surface area (TPSA) is 123 Å². The normalized spacial score (nSPS) is 12.3. The zero-order valence-electron chi connectivity index (χ0n) is 22.5. The van der Waals surface area contributed by atoms with E-state index in [4.69, 9.17) is 14.2 Å². The number of hydrogen-bond acceptors (Lipinski definition) is 7. The van der Waals surface area contributed by atoms with Crippen molar-refractivity contribution in [2.24, 2.45) is 0 Å². The molecule has 3 aromatic rings. The van der Waals surface area contributed by atoms with Crippen LogP contribution in [0.5, 0.6) is 11.5 Å². The predicted molar refractivity (Wildman–Crippen MR) is 151 cm³/mol. The van der Waals surface area contributed by atoms with Crippen molar-refractivity contribution in [3.8, 4) is 11.5 Å². The number of amides is 1. The lowest BCUT2D eigenvalue weighted by Crippen LogP contribution is -2.52. The second-order valence-electron chi connectivity index (χ2n) is 8.92. The molecule has 0 unspecified atom stereocenters. The number of carboxylic acid groups (broad SMARTS) is 1. The van der Waals surface area contributed by atoms with Crippen LogP contribution >= 0.6 is 0 Å². The quantitative estimate of drug-likeness (QED) is 0.247. The summed E-state index contributed by atoms with van der Waals surface area (Å²) < 4.78 is 16.2. The molecule has 0 bridgehead atoms. The van der Waals surface area contributed by atoms with E-state index in [1.807, 2.05) is 78.9 Å². The second kappa shape index (κ2) is 15.7. The molecule has 9 nitrogen and oxygen atoms in total. The first-order valence-corrected chi connectivity index (χ1v) is 12.8. The van der Waals surface area contributed by atoms with E-state index in [9.17, 15) is 19.5 Å². The van der Waals surface area contributed by atoms with Crippen molar-refractivity contribution in [2.45, 2.75) is 31.5 Å². The minimum atomic E-state index is -1.15. The molecule has 9 heteroatoms. The van der Waals surface area contributed by atoms with Gasteiger partial charge in [-0.2, -0.15) is 0 Å². The summed E-state index contributed by atoms with van der Waals surface area (Å²) in [6, 6.07) is 22.4. The molecule has 0 aliphatic rings. The van der Waals surface area contributed by atoms with Gasteiger partial charge >= 0.3 is 11.9 Å². The molecule has 3 rings (SSSR count). The van der Waals surface area contributed by atoms with E-state index >= 15 is 0 Å². The van der Waals surface area contributed by atoms with Gasteiger partial charge in [0.05, 0.1) is 26.7 Å². The number of aliphatic carboxylic acids is 1. The van der Waals surface area contributed by atoms with Crippen molar-refractivity contribution in [1.29, 1.82) is 0 Å². The van der Waals surface area contributed by atoms with E-state index in [1.165, 1.54) is 7.11 Å². The highest BCUT2D eigenvalue weighted by Crippen LogP contribution is 2.29. The van der Waals surface area contributed by atoms with Crippen LogP contribution in [0.4, 0.5) is 0 Å². The molecule has 1 amide bonds. The fourth-order valence-corrected chi connectivity index (χ4v) is 3.94. The Hall–Kier alpha value is -4.63. The van der Waals surface area contributed by atoms with Crippen LogP contribution in [-0.2, 0) is 32.1 Å². The summed E-state index contributed by atoms with van der Waals surface area (Å²) in [6.45, 7) is 0.591. The number of carboxylic acids is 1. The zero-order valence-corrected chi connectivity index (χ0v) is 22.5. The van der Waals surface area contributed by atoms with Gasteiger partial charge in [-0.05, 0) is 28.8 Å². The van der Waals surface area contributed by atoms with Crippen LogP contribution in [0.1, 0.15) is 23.1 Å². The number of esters is 1. The summed E-state index contributed by atoms with van der Waals surface area (Å²) >= 11 is 0. The first kappa shape index (κ1) is 29.9. The number of rotatable bonds is 15. The molecule has 3 aromatic carbocycles.